The van der Waals surface area contributed by atoms with Gasteiger partial charge in [-0.25, -0.2) is 0 Å². The molecule has 2 aliphatic heterocycles. The first-order valence-electron chi connectivity index (χ1n) is 7.89. The molecule has 112 valence electrons. The van der Waals surface area contributed by atoms with E-state index in [9.17, 15) is 0 Å². The third kappa shape index (κ3) is 4.71. The average molecular weight is 269 g/mol. The Hall–Kier alpha value is -0.160. The first-order valence-corrected chi connectivity index (χ1v) is 7.89. The maximum atomic E-state index is 5.63. The number of rotatable bonds is 7. The van der Waals surface area contributed by atoms with Gasteiger partial charge in [0.1, 0.15) is 0 Å². The number of hydrogen-bond donors (Lipinski definition) is 1. The highest BCUT2D eigenvalue weighted by Crippen LogP contribution is 2.16. The number of nitrogens with one attached hydrogen (secondary N) is 1. The molecule has 0 aliphatic carbocycles. The fourth-order valence-corrected chi connectivity index (χ4v) is 3.14. The Morgan fingerprint density at radius 1 is 1.37 bits per heavy atom. The molecule has 0 radical (unpaired) electrons. The van der Waals surface area contributed by atoms with E-state index in [1.165, 1.54) is 38.8 Å². The Balaban J connectivity index is 1.60. The van der Waals surface area contributed by atoms with Gasteiger partial charge in [0.2, 0.25) is 0 Å². The molecule has 0 spiro atoms. The second kappa shape index (κ2) is 7.58. The zero-order valence-electron chi connectivity index (χ0n) is 12.9. The molecule has 0 bridgehead atoms. The molecular weight excluding hydrogens is 238 g/mol. The highest BCUT2D eigenvalue weighted by atomic mass is 16.5. The molecule has 1 N–H and O–H groups in total. The van der Waals surface area contributed by atoms with Crippen LogP contribution in [0.15, 0.2) is 0 Å². The predicted molar refractivity (Wildman–Crippen MR) is 79.6 cm³/mol. The molecular formula is C15H31N3O. The van der Waals surface area contributed by atoms with Gasteiger partial charge < -0.3 is 19.9 Å². The molecule has 0 amide bonds. The van der Waals surface area contributed by atoms with Crippen molar-refractivity contribution < 1.29 is 4.74 Å². The molecule has 0 aromatic heterocycles. The summed E-state index contributed by atoms with van der Waals surface area (Å²) in [6, 6.07) is 1.35. The van der Waals surface area contributed by atoms with Gasteiger partial charge in [0, 0.05) is 38.3 Å². The van der Waals surface area contributed by atoms with Gasteiger partial charge in [-0.2, -0.15) is 0 Å². The summed E-state index contributed by atoms with van der Waals surface area (Å²) >= 11 is 0. The zero-order valence-corrected chi connectivity index (χ0v) is 12.9. The summed E-state index contributed by atoms with van der Waals surface area (Å²) in [6.45, 7) is 7.81. The highest BCUT2D eigenvalue weighted by Gasteiger charge is 2.23. The monoisotopic (exact) mass is 269 g/mol. The lowest BCUT2D eigenvalue weighted by molar-refractivity contribution is 0.107. The summed E-state index contributed by atoms with van der Waals surface area (Å²) in [7, 11) is 4.51. The Kier molecular flexibility index (Phi) is 6.07. The molecule has 0 aromatic carbocycles. The van der Waals surface area contributed by atoms with Crippen LogP contribution in [-0.4, -0.2) is 74.9 Å². The second-order valence-electron chi connectivity index (χ2n) is 6.36. The van der Waals surface area contributed by atoms with Crippen molar-refractivity contribution in [3.8, 4) is 0 Å². The lowest BCUT2D eigenvalue weighted by Gasteiger charge is -2.30. The van der Waals surface area contributed by atoms with Crippen LogP contribution in [-0.2, 0) is 4.74 Å². The van der Waals surface area contributed by atoms with E-state index in [0.29, 0.717) is 12.1 Å². The van der Waals surface area contributed by atoms with Crippen molar-refractivity contribution in [1.29, 1.82) is 0 Å². The first kappa shape index (κ1) is 15.2. The number of likely N-dealkylation sites (tertiary alicyclic amines) is 1. The Labute approximate surface area is 118 Å². The summed E-state index contributed by atoms with van der Waals surface area (Å²) in [4.78, 5) is 5.00. The summed E-state index contributed by atoms with van der Waals surface area (Å²) in [6.07, 6.45) is 5.63. The average Bonchev–Trinajstić information content (AvgIpc) is 3.02. The van der Waals surface area contributed by atoms with Crippen LogP contribution >= 0.6 is 0 Å². The molecule has 2 fully saturated rings. The molecule has 0 aromatic rings. The molecule has 19 heavy (non-hydrogen) atoms. The van der Waals surface area contributed by atoms with Gasteiger partial charge in [-0.05, 0) is 53.2 Å². The molecule has 2 heterocycles. The van der Waals surface area contributed by atoms with Gasteiger partial charge in [-0.15, -0.1) is 0 Å². The summed E-state index contributed by atoms with van der Waals surface area (Å²) in [5, 5.41) is 3.56. The van der Waals surface area contributed by atoms with Gasteiger partial charge in [-0.1, -0.05) is 0 Å². The largest absolute Gasteiger partial charge is 0.377 e. The van der Waals surface area contributed by atoms with E-state index in [2.05, 4.69) is 36.1 Å². The molecule has 2 aliphatic rings. The normalized spacial score (nSPS) is 30.3. The first-order chi connectivity index (χ1) is 9.16. The van der Waals surface area contributed by atoms with Crippen molar-refractivity contribution in [2.75, 3.05) is 46.9 Å². The smallest absolute Gasteiger partial charge is 0.0700 e. The Bertz CT molecular complexity index is 256. The third-order valence-corrected chi connectivity index (χ3v) is 4.76. The van der Waals surface area contributed by atoms with Crippen LogP contribution in [0.25, 0.3) is 0 Å². The van der Waals surface area contributed by atoms with Crippen molar-refractivity contribution in [3.63, 3.8) is 0 Å². The summed E-state index contributed by atoms with van der Waals surface area (Å²) < 4.78 is 5.63. The molecule has 2 saturated heterocycles. The molecule has 2 rings (SSSR count). The number of ether oxygens (including phenoxy) is 1. The topological polar surface area (TPSA) is 27.7 Å². The number of nitrogens with zero attached hydrogens (tertiary/aromatic N) is 2. The zero-order chi connectivity index (χ0) is 13.7. The lowest BCUT2D eigenvalue weighted by Crippen LogP contribution is -2.45. The van der Waals surface area contributed by atoms with E-state index in [4.69, 9.17) is 4.74 Å². The van der Waals surface area contributed by atoms with E-state index < -0.39 is 0 Å². The van der Waals surface area contributed by atoms with Crippen LogP contribution in [0.5, 0.6) is 0 Å². The fourth-order valence-electron chi connectivity index (χ4n) is 3.14. The maximum absolute atomic E-state index is 5.63. The van der Waals surface area contributed by atoms with Crippen LogP contribution < -0.4 is 5.32 Å². The summed E-state index contributed by atoms with van der Waals surface area (Å²) in [5.74, 6) is 0. The van der Waals surface area contributed by atoms with E-state index in [-0.39, 0.29) is 0 Å². The van der Waals surface area contributed by atoms with Crippen LogP contribution in [0.4, 0.5) is 0 Å². The standard InChI is InChI=1S/C15H31N3O/c1-13(10-16-11-15-7-5-9-19-15)18(3)12-14-6-4-8-17(14)2/h13-16H,4-12H2,1-3H3. The van der Waals surface area contributed by atoms with Gasteiger partial charge in [0.25, 0.3) is 0 Å². The number of hydrogen-bond acceptors (Lipinski definition) is 4. The van der Waals surface area contributed by atoms with E-state index in [0.717, 1.165) is 25.7 Å². The maximum Gasteiger partial charge on any atom is 0.0700 e. The summed E-state index contributed by atoms with van der Waals surface area (Å²) in [5.41, 5.74) is 0. The van der Waals surface area contributed by atoms with Gasteiger partial charge in [-0.3, -0.25) is 0 Å². The molecule has 4 heteroatoms. The third-order valence-electron chi connectivity index (χ3n) is 4.76. The predicted octanol–water partition coefficient (Wildman–Crippen LogP) is 1.17. The van der Waals surface area contributed by atoms with Gasteiger partial charge in [0.05, 0.1) is 6.10 Å². The minimum absolute atomic E-state index is 0.457. The second-order valence-corrected chi connectivity index (χ2v) is 6.36. The van der Waals surface area contributed by atoms with Crippen molar-refractivity contribution in [2.24, 2.45) is 0 Å². The molecule has 3 unspecified atom stereocenters. The minimum Gasteiger partial charge on any atom is -0.377 e. The van der Waals surface area contributed by atoms with Crippen LogP contribution in [0.1, 0.15) is 32.6 Å². The van der Waals surface area contributed by atoms with E-state index in [1.807, 2.05) is 0 Å². The molecule has 3 atom stereocenters. The van der Waals surface area contributed by atoms with E-state index >= 15 is 0 Å². The lowest BCUT2D eigenvalue weighted by atomic mass is 10.2. The van der Waals surface area contributed by atoms with Gasteiger partial charge in [0.15, 0.2) is 0 Å². The van der Waals surface area contributed by atoms with Crippen LogP contribution in [0.3, 0.4) is 0 Å². The minimum atomic E-state index is 0.457. The molecule has 0 saturated carbocycles. The van der Waals surface area contributed by atoms with E-state index in [1.54, 1.807) is 0 Å². The van der Waals surface area contributed by atoms with Crippen LogP contribution in [0.2, 0.25) is 0 Å². The van der Waals surface area contributed by atoms with Crippen molar-refractivity contribution in [2.45, 2.75) is 50.8 Å². The van der Waals surface area contributed by atoms with Crippen molar-refractivity contribution in [1.82, 2.24) is 15.1 Å². The fraction of sp³-hybridized carbons (Fsp3) is 1.00. The van der Waals surface area contributed by atoms with Crippen molar-refractivity contribution >= 4 is 0 Å². The van der Waals surface area contributed by atoms with Crippen molar-refractivity contribution in [3.05, 3.63) is 0 Å². The number of likely N-dealkylation sites (N-methyl/N-ethyl adjacent to an activating group) is 2. The molecule has 4 nitrogen and oxygen atoms in total. The Morgan fingerprint density at radius 2 is 2.21 bits per heavy atom. The van der Waals surface area contributed by atoms with Crippen LogP contribution in [0, 0.1) is 0 Å². The highest BCUT2D eigenvalue weighted by molar-refractivity contribution is 4.81. The van der Waals surface area contributed by atoms with Gasteiger partial charge >= 0.3 is 0 Å². The quantitative estimate of drug-likeness (QED) is 0.751. The SMILES string of the molecule is CC(CNCC1CCCO1)N(C)CC1CCCN1C. The Morgan fingerprint density at radius 3 is 2.84 bits per heavy atom.